The summed E-state index contributed by atoms with van der Waals surface area (Å²) in [4.78, 5) is 23.4. The Hall–Kier alpha value is -2.36. The Balaban J connectivity index is 3.98. The Morgan fingerprint density at radius 2 is 0.913 bits per heavy atom. The standard InChI is InChI=1S/C42H72O4/c1-3-5-7-9-11-13-15-17-18-19-20-21-22-23-25-27-29-31-33-39-42(45)46-40(37-34-35-38-41(43)44)36-32-30-28-26-24-16-14-12-10-8-6-4-2/h5,7,11,13,17-18,20-21,23,25,40H,3-4,6,8-10,12,14-16,19,22,24,26-39H2,1-2H3,(H,43,44)/b7-5-,13-11-,18-17-,21-20-,25-23-. The second kappa shape index (κ2) is 37.1. The van der Waals surface area contributed by atoms with E-state index in [0.717, 1.165) is 83.5 Å². The van der Waals surface area contributed by atoms with Gasteiger partial charge in [0.15, 0.2) is 0 Å². The lowest BCUT2D eigenvalue weighted by atomic mass is 10.0. The van der Waals surface area contributed by atoms with Crippen LogP contribution in [0.15, 0.2) is 60.8 Å². The fourth-order valence-corrected chi connectivity index (χ4v) is 5.45. The van der Waals surface area contributed by atoms with Gasteiger partial charge in [0.05, 0.1) is 0 Å². The van der Waals surface area contributed by atoms with E-state index in [4.69, 9.17) is 9.84 Å². The third-order valence-electron chi connectivity index (χ3n) is 8.25. The molecule has 1 unspecified atom stereocenters. The fourth-order valence-electron chi connectivity index (χ4n) is 5.45. The Labute approximate surface area is 284 Å². The molecule has 0 rings (SSSR count). The zero-order valence-corrected chi connectivity index (χ0v) is 30.1. The molecular formula is C42H72O4. The van der Waals surface area contributed by atoms with Crippen LogP contribution in [-0.2, 0) is 14.3 Å². The van der Waals surface area contributed by atoms with Crippen LogP contribution < -0.4 is 0 Å². The minimum atomic E-state index is -0.751. The molecule has 46 heavy (non-hydrogen) atoms. The van der Waals surface area contributed by atoms with Crippen LogP contribution in [-0.4, -0.2) is 23.1 Å². The normalized spacial score (nSPS) is 12.9. The number of carbonyl (C=O) groups is 2. The van der Waals surface area contributed by atoms with Crippen LogP contribution in [0.4, 0.5) is 0 Å². The van der Waals surface area contributed by atoms with Gasteiger partial charge in [-0.25, -0.2) is 0 Å². The second-order valence-corrected chi connectivity index (χ2v) is 12.7. The molecule has 0 aromatic carbocycles. The van der Waals surface area contributed by atoms with Gasteiger partial charge < -0.3 is 9.84 Å². The maximum Gasteiger partial charge on any atom is 0.306 e. The first-order valence-electron chi connectivity index (χ1n) is 19.3. The van der Waals surface area contributed by atoms with Crippen molar-refractivity contribution in [3.63, 3.8) is 0 Å². The molecule has 0 aliphatic heterocycles. The number of rotatable bonds is 34. The van der Waals surface area contributed by atoms with Gasteiger partial charge in [0, 0.05) is 12.8 Å². The molecule has 1 atom stereocenters. The number of esters is 1. The first-order valence-corrected chi connectivity index (χ1v) is 19.3. The molecule has 1 N–H and O–H groups in total. The van der Waals surface area contributed by atoms with Gasteiger partial charge in [0.1, 0.15) is 6.10 Å². The van der Waals surface area contributed by atoms with Crippen molar-refractivity contribution in [3.05, 3.63) is 60.8 Å². The molecule has 0 saturated carbocycles. The van der Waals surface area contributed by atoms with Crippen molar-refractivity contribution in [2.75, 3.05) is 0 Å². The summed E-state index contributed by atoms with van der Waals surface area (Å²) in [5, 5.41) is 8.94. The molecule has 264 valence electrons. The van der Waals surface area contributed by atoms with Crippen molar-refractivity contribution < 1.29 is 19.4 Å². The summed E-state index contributed by atoms with van der Waals surface area (Å²) >= 11 is 0. The highest BCUT2D eigenvalue weighted by Gasteiger charge is 2.14. The zero-order chi connectivity index (χ0) is 33.6. The Morgan fingerprint density at radius 1 is 0.500 bits per heavy atom. The van der Waals surface area contributed by atoms with E-state index < -0.39 is 5.97 Å². The molecule has 0 heterocycles. The van der Waals surface area contributed by atoms with Gasteiger partial charge in [-0.1, -0.05) is 152 Å². The molecule has 0 amide bonds. The minimum absolute atomic E-state index is 0.0642. The average Bonchev–Trinajstić information content (AvgIpc) is 3.04. The number of ether oxygens (including phenoxy) is 1. The number of carboxylic acids is 1. The molecule has 0 saturated heterocycles. The van der Waals surface area contributed by atoms with E-state index in [1.807, 2.05) is 0 Å². The molecule has 0 aliphatic rings. The molecule has 0 bridgehead atoms. The van der Waals surface area contributed by atoms with Gasteiger partial charge in [-0.3, -0.25) is 9.59 Å². The lowest BCUT2D eigenvalue weighted by Gasteiger charge is -2.18. The molecule has 0 aliphatic carbocycles. The van der Waals surface area contributed by atoms with Gasteiger partial charge >= 0.3 is 11.9 Å². The Kier molecular flexibility index (Phi) is 35.2. The predicted octanol–water partition coefficient (Wildman–Crippen LogP) is 13.3. The van der Waals surface area contributed by atoms with Crippen LogP contribution in [0.2, 0.25) is 0 Å². The maximum atomic E-state index is 12.5. The molecule has 0 fully saturated rings. The zero-order valence-electron chi connectivity index (χ0n) is 30.1. The van der Waals surface area contributed by atoms with E-state index in [0.29, 0.717) is 12.8 Å². The van der Waals surface area contributed by atoms with E-state index >= 15 is 0 Å². The van der Waals surface area contributed by atoms with Gasteiger partial charge in [-0.2, -0.15) is 0 Å². The van der Waals surface area contributed by atoms with Crippen molar-refractivity contribution in [2.24, 2.45) is 0 Å². The van der Waals surface area contributed by atoms with Crippen molar-refractivity contribution in [3.8, 4) is 0 Å². The first-order chi connectivity index (χ1) is 22.6. The number of carbonyl (C=O) groups excluding carboxylic acids is 1. The van der Waals surface area contributed by atoms with E-state index in [1.54, 1.807) is 0 Å². The number of hydrogen-bond donors (Lipinski definition) is 1. The molecule has 4 nitrogen and oxygen atoms in total. The van der Waals surface area contributed by atoms with E-state index in [9.17, 15) is 9.59 Å². The SMILES string of the molecule is CC/C=C\C/C=C\C/C=C\C/C=C\C/C=C\CCCCCC(=O)OC(CCCCCCCCCCCCCC)CCCCC(=O)O. The summed E-state index contributed by atoms with van der Waals surface area (Å²) in [5.74, 6) is -0.837. The number of aliphatic carboxylic acids is 1. The van der Waals surface area contributed by atoms with Crippen molar-refractivity contribution in [2.45, 2.75) is 193 Å². The van der Waals surface area contributed by atoms with Gasteiger partial charge in [0.2, 0.25) is 0 Å². The molecule has 0 radical (unpaired) electrons. The lowest BCUT2D eigenvalue weighted by molar-refractivity contribution is -0.150. The molecule has 0 aromatic heterocycles. The molecule has 0 aromatic rings. The van der Waals surface area contributed by atoms with E-state index in [-0.39, 0.29) is 18.5 Å². The summed E-state index contributed by atoms with van der Waals surface area (Å²) in [6.07, 6.45) is 50.9. The maximum absolute atomic E-state index is 12.5. The summed E-state index contributed by atoms with van der Waals surface area (Å²) in [6.45, 7) is 4.42. The van der Waals surface area contributed by atoms with Gasteiger partial charge in [-0.05, 0) is 83.5 Å². The molecular weight excluding hydrogens is 568 g/mol. The fraction of sp³-hybridized carbons (Fsp3) is 0.714. The van der Waals surface area contributed by atoms with Crippen molar-refractivity contribution in [1.29, 1.82) is 0 Å². The second-order valence-electron chi connectivity index (χ2n) is 12.7. The lowest BCUT2D eigenvalue weighted by Crippen LogP contribution is -2.18. The van der Waals surface area contributed by atoms with Crippen molar-refractivity contribution in [1.82, 2.24) is 0 Å². The topological polar surface area (TPSA) is 63.6 Å². The minimum Gasteiger partial charge on any atom is -0.481 e. The highest BCUT2D eigenvalue weighted by molar-refractivity contribution is 5.69. The highest BCUT2D eigenvalue weighted by Crippen LogP contribution is 2.18. The van der Waals surface area contributed by atoms with Crippen LogP contribution in [0.1, 0.15) is 187 Å². The Morgan fingerprint density at radius 3 is 1.41 bits per heavy atom. The number of carboxylic acid groups (broad SMARTS) is 1. The van der Waals surface area contributed by atoms with E-state index in [1.165, 1.54) is 70.6 Å². The van der Waals surface area contributed by atoms with Crippen LogP contribution >= 0.6 is 0 Å². The Bertz CT molecular complexity index is 820. The third-order valence-corrected chi connectivity index (χ3v) is 8.25. The highest BCUT2D eigenvalue weighted by atomic mass is 16.5. The largest absolute Gasteiger partial charge is 0.481 e. The number of allylic oxidation sites excluding steroid dienone is 10. The molecule has 0 spiro atoms. The monoisotopic (exact) mass is 641 g/mol. The summed E-state index contributed by atoms with van der Waals surface area (Å²) in [5.41, 5.74) is 0. The van der Waals surface area contributed by atoms with Crippen LogP contribution in [0.3, 0.4) is 0 Å². The smallest absolute Gasteiger partial charge is 0.306 e. The van der Waals surface area contributed by atoms with E-state index in [2.05, 4.69) is 74.6 Å². The quantitative estimate of drug-likeness (QED) is 0.0432. The first kappa shape index (κ1) is 43.6. The van der Waals surface area contributed by atoms with Crippen LogP contribution in [0, 0.1) is 0 Å². The molecule has 4 heteroatoms. The summed E-state index contributed by atoms with van der Waals surface area (Å²) in [6, 6.07) is 0. The summed E-state index contributed by atoms with van der Waals surface area (Å²) < 4.78 is 5.88. The van der Waals surface area contributed by atoms with Crippen LogP contribution in [0.25, 0.3) is 0 Å². The number of unbranched alkanes of at least 4 members (excludes halogenated alkanes) is 15. The van der Waals surface area contributed by atoms with Crippen LogP contribution in [0.5, 0.6) is 0 Å². The van der Waals surface area contributed by atoms with Gasteiger partial charge in [0.25, 0.3) is 0 Å². The third kappa shape index (κ3) is 36.1. The number of hydrogen-bond acceptors (Lipinski definition) is 3. The summed E-state index contributed by atoms with van der Waals surface area (Å²) in [7, 11) is 0. The predicted molar refractivity (Wildman–Crippen MR) is 199 cm³/mol. The average molecular weight is 641 g/mol. The van der Waals surface area contributed by atoms with Gasteiger partial charge in [-0.15, -0.1) is 0 Å². The van der Waals surface area contributed by atoms with Crippen molar-refractivity contribution >= 4 is 11.9 Å².